The summed E-state index contributed by atoms with van der Waals surface area (Å²) < 4.78 is 5.76. The van der Waals surface area contributed by atoms with Crippen molar-refractivity contribution in [2.75, 3.05) is 0 Å². The molecule has 3 aromatic rings. The molecule has 0 bridgehead atoms. The second kappa shape index (κ2) is 7.30. The molecule has 0 unspecified atom stereocenters. The molecule has 1 N–H and O–H groups in total. The Balaban J connectivity index is 1.95. The standard InChI is InChI=1S/C21H14ClNO3/c1-13-2-4-14(5-3-13)16(12-23)10-17-7-9-20(26-17)15-6-8-19(22)18(11-15)21(24)25/h2-11H,1H3,(H,24,25)/b16-10+. The van der Waals surface area contributed by atoms with Crippen LogP contribution in [0.4, 0.5) is 0 Å². The molecular formula is C21H14ClNO3. The van der Waals surface area contributed by atoms with Gasteiger partial charge in [-0.25, -0.2) is 4.79 Å². The van der Waals surface area contributed by atoms with Gasteiger partial charge in [0.05, 0.1) is 22.2 Å². The summed E-state index contributed by atoms with van der Waals surface area (Å²) in [5.74, 6) is -0.102. The van der Waals surface area contributed by atoms with Crippen LogP contribution in [0, 0.1) is 18.3 Å². The molecule has 0 aliphatic rings. The summed E-state index contributed by atoms with van der Waals surface area (Å²) in [6, 6.07) is 17.9. The number of halogens is 1. The predicted octanol–water partition coefficient (Wildman–Crippen LogP) is 5.67. The molecule has 0 aliphatic carbocycles. The van der Waals surface area contributed by atoms with Gasteiger partial charge in [-0.1, -0.05) is 41.4 Å². The molecule has 1 heterocycles. The van der Waals surface area contributed by atoms with Crippen molar-refractivity contribution in [3.05, 3.63) is 82.1 Å². The average Bonchev–Trinajstić information content (AvgIpc) is 3.09. The van der Waals surface area contributed by atoms with E-state index in [9.17, 15) is 15.2 Å². The second-order valence-corrected chi connectivity index (χ2v) is 6.14. The highest BCUT2D eigenvalue weighted by Gasteiger charge is 2.12. The summed E-state index contributed by atoms with van der Waals surface area (Å²) in [7, 11) is 0. The Labute approximate surface area is 155 Å². The third-order valence-electron chi connectivity index (χ3n) is 3.88. The number of furan rings is 1. The first-order valence-electron chi connectivity index (χ1n) is 7.80. The van der Waals surface area contributed by atoms with Crippen LogP contribution < -0.4 is 0 Å². The van der Waals surface area contributed by atoms with E-state index in [-0.39, 0.29) is 10.6 Å². The molecule has 3 rings (SSSR count). The van der Waals surface area contributed by atoms with Crippen molar-refractivity contribution in [2.45, 2.75) is 6.92 Å². The van der Waals surface area contributed by atoms with Gasteiger partial charge in [0.25, 0.3) is 0 Å². The Kier molecular flexibility index (Phi) is 4.92. The van der Waals surface area contributed by atoms with Crippen molar-refractivity contribution in [1.29, 1.82) is 5.26 Å². The third kappa shape index (κ3) is 3.69. The molecule has 0 saturated carbocycles. The summed E-state index contributed by atoms with van der Waals surface area (Å²) in [5, 5.41) is 18.8. The number of nitrogens with zero attached hydrogens (tertiary/aromatic N) is 1. The van der Waals surface area contributed by atoms with Crippen LogP contribution in [0.15, 0.2) is 59.0 Å². The van der Waals surface area contributed by atoms with Gasteiger partial charge in [0.15, 0.2) is 0 Å². The van der Waals surface area contributed by atoms with Gasteiger partial charge in [-0.15, -0.1) is 0 Å². The van der Waals surface area contributed by atoms with Crippen LogP contribution in [0.3, 0.4) is 0 Å². The highest BCUT2D eigenvalue weighted by molar-refractivity contribution is 6.33. The average molecular weight is 364 g/mol. The quantitative estimate of drug-likeness (QED) is 0.606. The molecule has 0 aliphatic heterocycles. The smallest absolute Gasteiger partial charge is 0.337 e. The minimum atomic E-state index is -1.10. The number of nitriles is 1. The topological polar surface area (TPSA) is 74.2 Å². The molecule has 26 heavy (non-hydrogen) atoms. The first-order valence-corrected chi connectivity index (χ1v) is 8.17. The SMILES string of the molecule is Cc1ccc(/C(C#N)=C/c2ccc(-c3ccc(Cl)c(C(=O)O)c3)o2)cc1. The number of allylic oxidation sites excluding steroid dienone is 1. The number of carboxylic acids is 1. The first-order chi connectivity index (χ1) is 12.5. The fraction of sp³-hybridized carbons (Fsp3) is 0.0476. The van der Waals surface area contributed by atoms with E-state index in [4.69, 9.17) is 16.0 Å². The number of rotatable bonds is 4. The van der Waals surface area contributed by atoms with E-state index in [1.54, 1.807) is 24.3 Å². The number of hydrogen-bond donors (Lipinski definition) is 1. The van der Waals surface area contributed by atoms with Gasteiger partial charge in [-0.3, -0.25) is 0 Å². The summed E-state index contributed by atoms with van der Waals surface area (Å²) in [6.45, 7) is 1.98. The molecule has 0 atom stereocenters. The van der Waals surface area contributed by atoms with Crippen molar-refractivity contribution in [2.24, 2.45) is 0 Å². The molecule has 0 amide bonds. The Hall–Kier alpha value is -3.29. The van der Waals surface area contributed by atoms with Crippen molar-refractivity contribution in [3.8, 4) is 17.4 Å². The summed E-state index contributed by atoms with van der Waals surface area (Å²) >= 11 is 5.89. The van der Waals surface area contributed by atoms with Crippen molar-refractivity contribution < 1.29 is 14.3 Å². The monoisotopic (exact) mass is 363 g/mol. The van der Waals surface area contributed by atoms with E-state index in [1.807, 2.05) is 31.2 Å². The van der Waals surface area contributed by atoms with Crippen LogP contribution in [0.1, 0.15) is 27.2 Å². The van der Waals surface area contributed by atoms with E-state index in [0.717, 1.165) is 11.1 Å². The van der Waals surface area contributed by atoms with E-state index in [1.165, 1.54) is 12.1 Å². The maximum atomic E-state index is 11.2. The summed E-state index contributed by atoms with van der Waals surface area (Å²) in [5.41, 5.74) is 3.00. The van der Waals surface area contributed by atoms with Crippen molar-refractivity contribution >= 4 is 29.2 Å². The lowest BCUT2D eigenvalue weighted by atomic mass is 10.0. The first kappa shape index (κ1) is 17.5. The van der Waals surface area contributed by atoms with Gasteiger partial charge in [0.1, 0.15) is 11.5 Å². The minimum Gasteiger partial charge on any atom is -0.478 e. The largest absolute Gasteiger partial charge is 0.478 e. The van der Waals surface area contributed by atoms with E-state index < -0.39 is 5.97 Å². The van der Waals surface area contributed by atoms with Gasteiger partial charge in [0.2, 0.25) is 0 Å². The highest BCUT2D eigenvalue weighted by atomic mass is 35.5. The molecule has 1 aromatic heterocycles. The number of benzene rings is 2. The van der Waals surface area contributed by atoms with Crippen molar-refractivity contribution in [1.82, 2.24) is 0 Å². The summed E-state index contributed by atoms with van der Waals surface area (Å²) in [6.07, 6.45) is 1.65. The lowest BCUT2D eigenvalue weighted by Gasteiger charge is -2.02. The zero-order valence-electron chi connectivity index (χ0n) is 13.9. The number of aryl methyl sites for hydroxylation is 1. The maximum Gasteiger partial charge on any atom is 0.337 e. The fourth-order valence-corrected chi connectivity index (χ4v) is 2.68. The second-order valence-electron chi connectivity index (χ2n) is 5.74. The zero-order valence-corrected chi connectivity index (χ0v) is 14.6. The molecule has 0 saturated heterocycles. The van der Waals surface area contributed by atoms with Crippen LogP contribution in [-0.2, 0) is 0 Å². The maximum absolute atomic E-state index is 11.2. The molecule has 2 aromatic carbocycles. The Morgan fingerprint density at radius 2 is 1.88 bits per heavy atom. The zero-order chi connectivity index (χ0) is 18.7. The van der Waals surface area contributed by atoms with Crippen LogP contribution in [-0.4, -0.2) is 11.1 Å². The van der Waals surface area contributed by atoms with Crippen LogP contribution >= 0.6 is 11.6 Å². The predicted molar refractivity (Wildman–Crippen MR) is 101 cm³/mol. The molecule has 0 spiro atoms. The van der Waals surface area contributed by atoms with Crippen LogP contribution in [0.2, 0.25) is 5.02 Å². The fourth-order valence-electron chi connectivity index (χ4n) is 2.48. The normalized spacial score (nSPS) is 11.2. The van der Waals surface area contributed by atoms with E-state index in [0.29, 0.717) is 22.7 Å². The Bertz CT molecular complexity index is 1040. The van der Waals surface area contributed by atoms with Gasteiger partial charge in [-0.2, -0.15) is 5.26 Å². The van der Waals surface area contributed by atoms with Gasteiger partial charge < -0.3 is 9.52 Å². The lowest BCUT2D eigenvalue weighted by molar-refractivity contribution is 0.0697. The van der Waals surface area contributed by atoms with Crippen LogP contribution in [0.5, 0.6) is 0 Å². The Morgan fingerprint density at radius 1 is 1.15 bits per heavy atom. The number of hydrogen-bond acceptors (Lipinski definition) is 3. The molecule has 0 fully saturated rings. The molecule has 0 radical (unpaired) electrons. The van der Waals surface area contributed by atoms with E-state index >= 15 is 0 Å². The van der Waals surface area contributed by atoms with Crippen molar-refractivity contribution in [3.63, 3.8) is 0 Å². The van der Waals surface area contributed by atoms with Gasteiger partial charge in [-0.05, 0) is 48.9 Å². The number of aromatic carboxylic acids is 1. The van der Waals surface area contributed by atoms with Gasteiger partial charge >= 0.3 is 5.97 Å². The summed E-state index contributed by atoms with van der Waals surface area (Å²) in [4.78, 5) is 11.2. The molecule has 4 nitrogen and oxygen atoms in total. The van der Waals surface area contributed by atoms with Crippen LogP contribution in [0.25, 0.3) is 23.0 Å². The number of carboxylic acid groups (broad SMARTS) is 1. The Morgan fingerprint density at radius 3 is 2.54 bits per heavy atom. The molecular weight excluding hydrogens is 350 g/mol. The molecule has 5 heteroatoms. The highest BCUT2D eigenvalue weighted by Crippen LogP contribution is 2.28. The van der Waals surface area contributed by atoms with Gasteiger partial charge in [0, 0.05) is 5.56 Å². The lowest BCUT2D eigenvalue weighted by Crippen LogP contribution is -1.97. The number of carbonyl (C=O) groups is 1. The minimum absolute atomic E-state index is 0.00929. The van der Waals surface area contributed by atoms with E-state index in [2.05, 4.69) is 6.07 Å². The third-order valence-corrected chi connectivity index (χ3v) is 4.21. The molecule has 128 valence electrons.